The van der Waals surface area contributed by atoms with Gasteiger partial charge in [0.25, 0.3) is 5.91 Å². The number of rotatable bonds is 8. The summed E-state index contributed by atoms with van der Waals surface area (Å²) in [6.07, 6.45) is 3.46. The number of amides is 1. The monoisotopic (exact) mass is 267 g/mol. The first-order valence-electron chi connectivity index (χ1n) is 6.63. The van der Waals surface area contributed by atoms with Gasteiger partial charge in [-0.15, -0.1) is 0 Å². The molecule has 1 N–H and O–H groups in total. The first kappa shape index (κ1) is 15.2. The highest BCUT2D eigenvalue weighted by molar-refractivity contribution is 5.92. The number of aliphatic carboxylic acids is 1. The van der Waals surface area contributed by atoms with Crippen molar-refractivity contribution in [2.24, 2.45) is 0 Å². The van der Waals surface area contributed by atoms with Gasteiger partial charge in [0.1, 0.15) is 5.69 Å². The molecule has 0 radical (unpaired) electrons. The number of carbonyl (C=O) groups is 2. The van der Waals surface area contributed by atoms with E-state index in [2.05, 4.69) is 5.10 Å². The molecule has 0 spiro atoms. The van der Waals surface area contributed by atoms with E-state index < -0.39 is 5.97 Å². The van der Waals surface area contributed by atoms with E-state index in [0.29, 0.717) is 18.8 Å². The van der Waals surface area contributed by atoms with Crippen molar-refractivity contribution in [1.29, 1.82) is 0 Å². The fourth-order valence-corrected chi connectivity index (χ4v) is 1.83. The number of hydrogen-bond acceptors (Lipinski definition) is 3. The number of carbonyl (C=O) groups excluding carboxylic acids is 1. The smallest absolute Gasteiger partial charge is 0.305 e. The SMILES string of the molecule is CCCN(CCC)C(=O)c1ccn(CCC(=O)O)n1. The lowest BCUT2D eigenvalue weighted by Gasteiger charge is -2.20. The summed E-state index contributed by atoms with van der Waals surface area (Å²) in [5, 5.41) is 12.7. The van der Waals surface area contributed by atoms with E-state index in [1.807, 2.05) is 13.8 Å². The van der Waals surface area contributed by atoms with Crippen LogP contribution in [0.5, 0.6) is 0 Å². The second-order valence-corrected chi connectivity index (χ2v) is 4.40. The molecule has 0 saturated heterocycles. The molecular formula is C13H21N3O3. The van der Waals surface area contributed by atoms with Gasteiger partial charge in [-0.2, -0.15) is 5.10 Å². The lowest BCUT2D eigenvalue weighted by Crippen LogP contribution is -2.32. The quantitative estimate of drug-likeness (QED) is 0.776. The highest BCUT2D eigenvalue weighted by atomic mass is 16.4. The fourth-order valence-electron chi connectivity index (χ4n) is 1.83. The lowest BCUT2D eigenvalue weighted by molar-refractivity contribution is -0.137. The molecule has 1 amide bonds. The Bertz CT molecular complexity index is 423. The average molecular weight is 267 g/mol. The van der Waals surface area contributed by atoms with Crippen LogP contribution in [0.2, 0.25) is 0 Å². The number of hydrogen-bond donors (Lipinski definition) is 1. The summed E-state index contributed by atoms with van der Waals surface area (Å²) in [7, 11) is 0. The lowest BCUT2D eigenvalue weighted by atomic mass is 10.3. The second-order valence-electron chi connectivity index (χ2n) is 4.40. The molecule has 0 unspecified atom stereocenters. The van der Waals surface area contributed by atoms with Crippen LogP contribution < -0.4 is 0 Å². The number of aryl methyl sites for hydroxylation is 1. The number of aromatic nitrogens is 2. The van der Waals surface area contributed by atoms with Crippen LogP contribution in [0.3, 0.4) is 0 Å². The summed E-state index contributed by atoms with van der Waals surface area (Å²) in [4.78, 5) is 24.5. The predicted octanol–water partition coefficient (Wildman–Crippen LogP) is 1.62. The van der Waals surface area contributed by atoms with E-state index in [4.69, 9.17) is 5.11 Å². The van der Waals surface area contributed by atoms with E-state index in [1.54, 1.807) is 17.2 Å². The summed E-state index contributed by atoms with van der Waals surface area (Å²) in [5.41, 5.74) is 0.382. The fraction of sp³-hybridized carbons (Fsp3) is 0.615. The van der Waals surface area contributed by atoms with E-state index in [9.17, 15) is 9.59 Å². The van der Waals surface area contributed by atoms with Crippen molar-refractivity contribution in [2.75, 3.05) is 13.1 Å². The van der Waals surface area contributed by atoms with Gasteiger partial charge in [0, 0.05) is 19.3 Å². The minimum Gasteiger partial charge on any atom is -0.481 e. The van der Waals surface area contributed by atoms with E-state index in [0.717, 1.165) is 12.8 Å². The van der Waals surface area contributed by atoms with Gasteiger partial charge in [-0.1, -0.05) is 13.8 Å². The van der Waals surface area contributed by atoms with E-state index in [-0.39, 0.29) is 18.9 Å². The molecule has 1 rings (SSSR count). The van der Waals surface area contributed by atoms with Crippen LogP contribution in [0.15, 0.2) is 12.3 Å². The van der Waals surface area contributed by atoms with Crippen molar-refractivity contribution in [2.45, 2.75) is 39.7 Å². The summed E-state index contributed by atoms with van der Waals surface area (Å²) < 4.78 is 1.50. The highest BCUT2D eigenvalue weighted by Crippen LogP contribution is 2.05. The molecule has 0 atom stereocenters. The first-order valence-corrected chi connectivity index (χ1v) is 6.63. The maximum absolute atomic E-state index is 12.2. The Kier molecular flexibility index (Phi) is 6.05. The topological polar surface area (TPSA) is 75.4 Å². The first-order chi connectivity index (χ1) is 9.08. The standard InChI is InChI=1S/C13H21N3O3/c1-3-7-15(8-4-2)13(19)11-5-9-16(14-11)10-6-12(17)18/h5,9H,3-4,6-8,10H2,1-2H3,(H,17,18). The van der Waals surface area contributed by atoms with Gasteiger partial charge in [-0.25, -0.2) is 0 Å². The van der Waals surface area contributed by atoms with Gasteiger partial charge in [-0.05, 0) is 18.9 Å². The second kappa shape index (κ2) is 7.56. The molecule has 6 nitrogen and oxygen atoms in total. The van der Waals surface area contributed by atoms with Gasteiger partial charge in [0.05, 0.1) is 13.0 Å². The minimum atomic E-state index is -0.873. The molecule has 0 aliphatic rings. The van der Waals surface area contributed by atoms with Gasteiger partial charge in [0.15, 0.2) is 0 Å². The molecule has 19 heavy (non-hydrogen) atoms. The van der Waals surface area contributed by atoms with Crippen molar-refractivity contribution >= 4 is 11.9 Å². The third-order valence-corrected chi connectivity index (χ3v) is 2.69. The molecule has 0 aliphatic heterocycles. The molecule has 1 aromatic rings. The van der Waals surface area contributed by atoms with Crippen molar-refractivity contribution in [3.8, 4) is 0 Å². The summed E-state index contributed by atoms with van der Waals surface area (Å²) in [6, 6.07) is 1.64. The Hall–Kier alpha value is -1.85. The largest absolute Gasteiger partial charge is 0.481 e. The van der Waals surface area contributed by atoms with Crippen molar-refractivity contribution in [1.82, 2.24) is 14.7 Å². The highest BCUT2D eigenvalue weighted by Gasteiger charge is 2.16. The molecule has 0 bridgehead atoms. The summed E-state index contributed by atoms with van der Waals surface area (Å²) >= 11 is 0. The van der Waals surface area contributed by atoms with Crippen LogP contribution in [0.25, 0.3) is 0 Å². The molecule has 1 heterocycles. The Morgan fingerprint density at radius 1 is 1.32 bits per heavy atom. The number of carboxylic acids is 1. The normalized spacial score (nSPS) is 10.4. The molecule has 0 aliphatic carbocycles. The molecular weight excluding hydrogens is 246 g/mol. The number of nitrogens with zero attached hydrogens (tertiary/aromatic N) is 3. The number of carboxylic acid groups (broad SMARTS) is 1. The molecule has 1 aromatic heterocycles. The summed E-state index contributed by atoms with van der Waals surface area (Å²) in [5.74, 6) is -0.959. The van der Waals surface area contributed by atoms with Gasteiger partial charge in [-0.3, -0.25) is 14.3 Å². The molecule has 0 aromatic carbocycles. The molecule has 0 fully saturated rings. The Morgan fingerprint density at radius 2 is 1.95 bits per heavy atom. The summed E-state index contributed by atoms with van der Waals surface area (Å²) in [6.45, 7) is 5.77. The third-order valence-electron chi connectivity index (χ3n) is 2.69. The van der Waals surface area contributed by atoms with Gasteiger partial charge < -0.3 is 10.0 Å². The molecule has 6 heteroatoms. The third kappa shape index (κ3) is 4.73. The maximum atomic E-state index is 12.2. The average Bonchev–Trinajstić information content (AvgIpc) is 2.84. The van der Waals surface area contributed by atoms with Gasteiger partial charge in [0.2, 0.25) is 0 Å². The Balaban J connectivity index is 2.67. The van der Waals surface area contributed by atoms with Gasteiger partial charge >= 0.3 is 5.97 Å². The Labute approximate surface area is 113 Å². The van der Waals surface area contributed by atoms with Crippen LogP contribution in [0, 0.1) is 0 Å². The van der Waals surface area contributed by atoms with Crippen LogP contribution >= 0.6 is 0 Å². The van der Waals surface area contributed by atoms with Crippen molar-refractivity contribution < 1.29 is 14.7 Å². The molecule has 106 valence electrons. The zero-order valence-corrected chi connectivity index (χ0v) is 11.5. The van der Waals surface area contributed by atoms with Crippen LogP contribution in [-0.4, -0.2) is 44.8 Å². The maximum Gasteiger partial charge on any atom is 0.305 e. The Morgan fingerprint density at radius 3 is 2.47 bits per heavy atom. The van der Waals surface area contributed by atoms with Crippen molar-refractivity contribution in [3.05, 3.63) is 18.0 Å². The van der Waals surface area contributed by atoms with Crippen molar-refractivity contribution in [3.63, 3.8) is 0 Å². The zero-order valence-electron chi connectivity index (χ0n) is 11.5. The zero-order chi connectivity index (χ0) is 14.3. The van der Waals surface area contributed by atoms with Crippen LogP contribution in [-0.2, 0) is 11.3 Å². The molecule has 0 saturated carbocycles. The van der Waals surface area contributed by atoms with E-state index >= 15 is 0 Å². The van der Waals surface area contributed by atoms with Crippen LogP contribution in [0.1, 0.15) is 43.6 Å². The predicted molar refractivity (Wildman–Crippen MR) is 71.0 cm³/mol. The van der Waals surface area contributed by atoms with Crippen LogP contribution in [0.4, 0.5) is 0 Å². The van der Waals surface area contributed by atoms with E-state index in [1.165, 1.54) is 4.68 Å². The minimum absolute atomic E-state index is 0.00292.